The fourth-order valence-corrected chi connectivity index (χ4v) is 4.23. The van der Waals surface area contributed by atoms with Gasteiger partial charge in [-0.3, -0.25) is 4.57 Å². The number of ether oxygens (including phenoxy) is 1. The van der Waals surface area contributed by atoms with Gasteiger partial charge in [-0.05, 0) is 54.1 Å². The van der Waals surface area contributed by atoms with Gasteiger partial charge in [-0.1, -0.05) is 51.8 Å². The Labute approximate surface area is 190 Å². The fourth-order valence-electron chi connectivity index (χ4n) is 3.79. The van der Waals surface area contributed by atoms with Gasteiger partial charge in [0, 0.05) is 20.8 Å². The van der Waals surface area contributed by atoms with Crippen LogP contribution in [0.3, 0.4) is 0 Å². The molecule has 31 heavy (non-hydrogen) atoms. The van der Waals surface area contributed by atoms with Crippen LogP contribution in [0.5, 0.6) is 5.75 Å². The Kier molecular flexibility index (Phi) is 5.16. The zero-order valence-electron chi connectivity index (χ0n) is 15.9. The molecule has 1 N–H and O–H groups in total. The molecule has 8 heteroatoms. The number of hydrogen-bond acceptors (Lipinski definition) is 3. The topological polar surface area (TPSA) is 39.1 Å². The molecule has 156 valence electrons. The van der Waals surface area contributed by atoms with Crippen molar-refractivity contribution >= 4 is 50.2 Å². The summed E-state index contributed by atoms with van der Waals surface area (Å²) in [7, 11) is 0. The molecule has 0 spiro atoms. The molecule has 4 aromatic rings. The van der Waals surface area contributed by atoms with Crippen molar-refractivity contribution < 1.29 is 13.5 Å². The summed E-state index contributed by atoms with van der Waals surface area (Å²) in [4.78, 5) is 4.72. The summed E-state index contributed by atoms with van der Waals surface area (Å²) >= 11 is 9.70. The molecule has 0 radical (unpaired) electrons. The number of hydrogen-bond donors (Lipinski definition) is 1. The number of allylic oxidation sites excluding steroid dienone is 1. The molecule has 0 saturated heterocycles. The smallest absolute Gasteiger partial charge is 0.387 e. The molecule has 1 aliphatic heterocycles. The first-order chi connectivity index (χ1) is 15.0. The van der Waals surface area contributed by atoms with E-state index in [4.69, 9.17) is 21.3 Å². The molecule has 3 aromatic carbocycles. The van der Waals surface area contributed by atoms with E-state index in [2.05, 4.69) is 21.2 Å². The SMILES string of the molecule is FC(F)Oc1ccc(Cl)cc1C1C=C(c2ccc(Br)cc2)Nc2nc3ccccc3n21. The van der Waals surface area contributed by atoms with Crippen LogP contribution in [-0.2, 0) is 0 Å². The van der Waals surface area contributed by atoms with Gasteiger partial charge in [-0.25, -0.2) is 4.98 Å². The van der Waals surface area contributed by atoms with E-state index in [0.29, 0.717) is 16.5 Å². The number of imidazole rings is 1. The van der Waals surface area contributed by atoms with Crippen molar-refractivity contribution in [3.8, 4) is 5.75 Å². The highest BCUT2D eigenvalue weighted by Gasteiger charge is 2.28. The van der Waals surface area contributed by atoms with Crippen molar-refractivity contribution in [2.24, 2.45) is 0 Å². The molecule has 0 bridgehead atoms. The van der Waals surface area contributed by atoms with Crippen molar-refractivity contribution in [2.75, 3.05) is 5.32 Å². The van der Waals surface area contributed by atoms with Crippen molar-refractivity contribution in [1.82, 2.24) is 9.55 Å². The van der Waals surface area contributed by atoms with Gasteiger partial charge in [0.25, 0.3) is 0 Å². The van der Waals surface area contributed by atoms with Crippen LogP contribution in [0.15, 0.2) is 77.3 Å². The van der Waals surface area contributed by atoms with Crippen LogP contribution in [0.4, 0.5) is 14.7 Å². The van der Waals surface area contributed by atoms with Crippen LogP contribution in [0.1, 0.15) is 17.2 Å². The minimum absolute atomic E-state index is 0.0708. The Morgan fingerprint density at radius 2 is 1.84 bits per heavy atom. The lowest BCUT2D eigenvalue weighted by molar-refractivity contribution is -0.0505. The molecular formula is C23H15BrClF2N3O. The largest absolute Gasteiger partial charge is 0.434 e. The van der Waals surface area contributed by atoms with Crippen LogP contribution in [-0.4, -0.2) is 16.2 Å². The Bertz CT molecular complexity index is 1300. The number of nitrogens with zero attached hydrogens (tertiary/aromatic N) is 2. The molecule has 0 fully saturated rings. The number of aromatic nitrogens is 2. The van der Waals surface area contributed by atoms with Crippen molar-refractivity contribution in [3.63, 3.8) is 0 Å². The lowest BCUT2D eigenvalue weighted by Crippen LogP contribution is -2.20. The number of anilines is 1. The minimum Gasteiger partial charge on any atom is -0.434 e. The van der Waals surface area contributed by atoms with E-state index >= 15 is 0 Å². The number of nitrogens with one attached hydrogen (secondary N) is 1. The van der Waals surface area contributed by atoms with Crippen LogP contribution >= 0.6 is 27.5 Å². The van der Waals surface area contributed by atoms with E-state index in [1.807, 2.05) is 59.2 Å². The first-order valence-electron chi connectivity index (χ1n) is 9.45. The first-order valence-corrected chi connectivity index (χ1v) is 10.6. The highest BCUT2D eigenvalue weighted by Crippen LogP contribution is 2.41. The van der Waals surface area contributed by atoms with Crippen LogP contribution in [0, 0.1) is 0 Å². The summed E-state index contributed by atoms with van der Waals surface area (Å²) in [6.45, 7) is -2.95. The molecule has 5 rings (SSSR count). The highest BCUT2D eigenvalue weighted by atomic mass is 79.9. The van der Waals surface area contributed by atoms with Gasteiger partial charge in [-0.2, -0.15) is 8.78 Å². The highest BCUT2D eigenvalue weighted by molar-refractivity contribution is 9.10. The predicted molar refractivity (Wildman–Crippen MR) is 122 cm³/mol. The summed E-state index contributed by atoms with van der Waals surface area (Å²) in [6.07, 6.45) is 1.97. The van der Waals surface area contributed by atoms with Crippen molar-refractivity contribution in [2.45, 2.75) is 12.7 Å². The second-order valence-corrected chi connectivity index (χ2v) is 8.36. The Hall–Kier alpha value is -2.90. The second kappa shape index (κ2) is 7.98. The minimum atomic E-state index is -2.95. The van der Waals surface area contributed by atoms with Crippen LogP contribution in [0.25, 0.3) is 16.7 Å². The molecule has 0 amide bonds. The number of para-hydroxylation sites is 2. The van der Waals surface area contributed by atoms with Gasteiger partial charge in [0.15, 0.2) is 0 Å². The maximum Gasteiger partial charge on any atom is 0.387 e. The molecule has 1 aromatic heterocycles. The van der Waals surface area contributed by atoms with Gasteiger partial charge in [-0.15, -0.1) is 0 Å². The first kappa shape index (κ1) is 20.0. The van der Waals surface area contributed by atoms with E-state index in [-0.39, 0.29) is 5.75 Å². The van der Waals surface area contributed by atoms with Gasteiger partial charge in [0.05, 0.1) is 17.1 Å². The molecule has 0 aliphatic carbocycles. The summed E-state index contributed by atoms with van der Waals surface area (Å²) in [5.74, 6) is 0.677. The molecule has 0 saturated carbocycles. The lowest BCUT2D eigenvalue weighted by Gasteiger charge is -2.28. The normalized spacial score (nSPS) is 15.5. The van der Waals surface area contributed by atoms with E-state index in [1.165, 1.54) is 12.1 Å². The number of alkyl halides is 2. The van der Waals surface area contributed by atoms with Gasteiger partial charge < -0.3 is 10.1 Å². The van der Waals surface area contributed by atoms with Gasteiger partial charge >= 0.3 is 6.61 Å². The molecule has 1 atom stereocenters. The molecule has 1 aliphatic rings. The Morgan fingerprint density at radius 1 is 1.06 bits per heavy atom. The summed E-state index contributed by atoms with van der Waals surface area (Å²) in [5, 5.41) is 3.80. The number of rotatable bonds is 4. The Balaban J connectivity index is 1.74. The quantitative estimate of drug-likeness (QED) is 0.323. The van der Waals surface area contributed by atoms with E-state index in [1.54, 1.807) is 6.07 Å². The van der Waals surface area contributed by atoms with Gasteiger partial charge in [0.2, 0.25) is 5.95 Å². The third-order valence-electron chi connectivity index (χ3n) is 5.11. The third kappa shape index (κ3) is 3.79. The average Bonchev–Trinajstić information content (AvgIpc) is 3.13. The lowest BCUT2D eigenvalue weighted by atomic mass is 10.00. The molecular weight excluding hydrogens is 488 g/mol. The maximum absolute atomic E-state index is 13.1. The predicted octanol–water partition coefficient (Wildman–Crippen LogP) is 7.11. The molecule has 2 heterocycles. The summed E-state index contributed by atoms with van der Waals surface area (Å²) in [5.41, 5.74) is 3.92. The van der Waals surface area contributed by atoms with Crippen molar-refractivity contribution in [1.29, 1.82) is 0 Å². The summed E-state index contributed by atoms with van der Waals surface area (Å²) < 4.78 is 34.0. The monoisotopic (exact) mass is 501 g/mol. The van der Waals surface area contributed by atoms with Gasteiger partial charge in [0.1, 0.15) is 5.75 Å². The van der Waals surface area contributed by atoms with E-state index in [0.717, 1.165) is 26.8 Å². The molecule has 1 unspecified atom stereocenters. The fraction of sp³-hybridized carbons (Fsp3) is 0.0870. The average molecular weight is 503 g/mol. The van der Waals surface area contributed by atoms with Crippen LogP contribution < -0.4 is 10.1 Å². The maximum atomic E-state index is 13.1. The zero-order valence-corrected chi connectivity index (χ0v) is 18.2. The zero-order chi connectivity index (χ0) is 21.5. The number of benzene rings is 3. The number of fused-ring (bicyclic) bond motifs is 3. The van der Waals surface area contributed by atoms with E-state index < -0.39 is 12.7 Å². The number of halogens is 4. The summed E-state index contributed by atoms with van der Waals surface area (Å²) in [6, 6.07) is 19.7. The second-order valence-electron chi connectivity index (χ2n) is 7.01. The standard InChI is InChI=1S/C23H15BrClF2N3O/c24-14-7-5-13(6-8-14)18-12-20(16-11-15(25)9-10-21(16)31-22(26)27)30-19-4-2-1-3-17(19)28-23(30)29-18/h1-12,20,22H,(H,28,29). The van der Waals surface area contributed by atoms with Crippen LogP contribution in [0.2, 0.25) is 5.02 Å². The third-order valence-corrected chi connectivity index (χ3v) is 5.87. The van der Waals surface area contributed by atoms with Crippen molar-refractivity contribution in [3.05, 3.63) is 93.4 Å². The molecule has 4 nitrogen and oxygen atoms in total. The Morgan fingerprint density at radius 3 is 2.61 bits per heavy atom. The van der Waals surface area contributed by atoms with E-state index in [9.17, 15) is 8.78 Å².